The molecule has 0 atom stereocenters. The van der Waals surface area contributed by atoms with Crippen molar-refractivity contribution in [3.8, 4) is 0 Å². The van der Waals surface area contributed by atoms with Gasteiger partial charge in [0, 0.05) is 31.0 Å². The van der Waals surface area contributed by atoms with E-state index in [1.807, 2.05) is 6.07 Å². The quantitative estimate of drug-likeness (QED) is 0.660. The second-order valence-electron chi connectivity index (χ2n) is 5.03. The number of aromatic nitrogens is 1. The molecule has 0 aromatic carbocycles. The Morgan fingerprint density at radius 3 is 2.93 bits per heavy atom. The van der Waals surface area contributed by atoms with E-state index in [0.717, 1.165) is 18.8 Å². The Kier molecular flexibility index (Phi) is 2.63. The Morgan fingerprint density at radius 2 is 2.27 bits per heavy atom. The van der Waals surface area contributed by atoms with Crippen molar-refractivity contribution in [1.29, 1.82) is 0 Å². The lowest BCUT2D eigenvalue weighted by Crippen LogP contribution is -2.40. The maximum absolute atomic E-state index is 13.0. The average molecular weight is 208 g/mol. The molecule has 15 heavy (non-hydrogen) atoms. The number of piperidine rings is 1. The molecule has 3 heteroatoms. The smallest absolute Gasteiger partial charge is 0.214 e. The minimum Gasteiger partial charge on any atom is -0.371 e. The van der Waals surface area contributed by atoms with Crippen molar-refractivity contribution in [2.75, 3.05) is 18.0 Å². The summed E-state index contributed by atoms with van der Waals surface area (Å²) in [6.07, 6.45) is 3.96. The number of halogens is 1. The van der Waals surface area contributed by atoms with E-state index in [1.165, 1.54) is 25.1 Å². The number of anilines is 1. The molecule has 1 aromatic heterocycles. The van der Waals surface area contributed by atoms with Gasteiger partial charge >= 0.3 is 0 Å². The Balaban J connectivity index is 2.17. The molecule has 82 valence electrons. The molecule has 0 radical (unpaired) electrons. The van der Waals surface area contributed by atoms with Crippen LogP contribution in [0.15, 0.2) is 18.3 Å². The summed E-state index contributed by atoms with van der Waals surface area (Å²) in [4.78, 5) is 5.82. The van der Waals surface area contributed by atoms with Gasteiger partial charge in [-0.2, -0.15) is 4.39 Å². The summed E-state index contributed by atoms with van der Waals surface area (Å²) in [5.74, 6) is -0.393. The van der Waals surface area contributed by atoms with Crippen LogP contribution in [0.3, 0.4) is 0 Å². The van der Waals surface area contributed by atoms with Gasteiger partial charge in [0.1, 0.15) is 0 Å². The van der Waals surface area contributed by atoms with Crippen molar-refractivity contribution >= 4 is 5.69 Å². The number of rotatable bonds is 1. The van der Waals surface area contributed by atoms with Gasteiger partial charge in [0.05, 0.1) is 0 Å². The van der Waals surface area contributed by atoms with Crippen molar-refractivity contribution < 1.29 is 4.39 Å². The van der Waals surface area contributed by atoms with Crippen molar-refractivity contribution in [1.82, 2.24) is 4.98 Å². The predicted octanol–water partition coefficient (Wildman–Crippen LogP) is 2.85. The maximum atomic E-state index is 13.0. The third-order valence-corrected chi connectivity index (χ3v) is 2.98. The van der Waals surface area contributed by atoms with Gasteiger partial charge in [0.15, 0.2) is 0 Å². The normalized spacial score (nSPS) is 20.3. The molecule has 0 aliphatic carbocycles. The van der Waals surface area contributed by atoms with Gasteiger partial charge in [-0.1, -0.05) is 13.8 Å². The summed E-state index contributed by atoms with van der Waals surface area (Å²) in [6, 6.07) is 3.39. The molecule has 1 fully saturated rings. The first-order valence-electron chi connectivity index (χ1n) is 5.43. The van der Waals surface area contributed by atoms with Crippen molar-refractivity contribution in [2.45, 2.75) is 26.7 Å². The summed E-state index contributed by atoms with van der Waals surface area (Å²) in [5, 5.41) is 0. The highest BCUT2D eigenvalue weighted by atomic mass is 19.1. The fraction of sp³-hybridized carbons (Fsp3) is 0.583. The molecule has 0 N–H and O–H groups in total. The molecule has 1 aliphatic rings. The van der Waals surface area contributed by atoms with Crippen LogP contribution in [-0.2, 0) is 0 Å². The number of hydrogen-bond acceptors (Lipinski definition) is 2. The Morgan fingerprint density at radius 1 is 1.47 bits per heavy atom. The highest BCUT2D eigenvalue weighted by Gasteiger charge is 2.26. The monoisotopic (exact) mass is 208 g/mol. The molecule has 2 heterocycles. The first-order chi connectivity index (χ1) is 7.07. The molecule has 0 amide bonds. The molecule has 0 spiro atoms. The highest BCUT2D eigenvalue weighted by Crippen LogP contribution is 2.31. The second kappa shape index (κ2) is 3.80. The summed E-state index contributed by atoms with van der Waals surface area (Å²) in [7, 11) is 0. The van der Waals surface area contributed by atoms with E-state index in [2.05, 4.69) is 23.7 Å². The standard InChI is InChI=1S/C12H17FN2/c1-12(2)5-3-7-15(9-12)10-4-6-14-11(13)8-10/h4,6,8H,3,5,7,9H2,1-2H3. The lowest BCUT2D eigenvalue weighted by atomic mass is 9.84. The van der Waals surface area contributed by atoms with Crippen LogP contribution in [0.1, 0.15) is 26.7 Å². The van der Waals surface area contributed by atoms with Crippen LogP contribution in [0.25, 0.3) is 0 Å². The molecular weight excluding hydrogens is 191 g/mol. The molecule has 0 saturated carbocycles. The second-order valence-corrected chi connectivity index (χ2v) is 5.03. The van der Waals surface area contributed by atoms with Gasteiger partial charge in [-0.15, -0.1) is 0 Å². The molecule has 2 rings (SSSR count). The van der Waals surface area contributed by atoms with Crippen molar-refractivity contribution in [3.05, 3.63) is 24.3 Å². The predicted molar refractivity (Wildman–Crippen MR) is 59.4 cm³/mol. The third kappa shape index (κ3) is 2.46. The van der Waals surface area contributed by atoms with E-state index in [1.54, 1.807) is 0 Å². The number of nitrogens with zero attached hydrogens (tertiary/aromatic N) is 2. The first kappa shape index (κ1) is 10.4. The SMILES string of the molecule is CC1(C)CCCN(c2ccnc(F)c2)C1. The lowest BCUT2D eigenvalue weighted by molar-refractivity contribution is 0.293. The van der Waals surface area contributed by atoms with Crippen LogP contribution in [-0.4, -0.2) is 18.1 Å². The Hall–Kier alpha value is -1.12. The zero-order valence-corrected chi connectivity index (χ0v) is 9.33. The largest absolute Gasteiger partial charge is 0.371 e. The van der Waals surface area contributed by atoms with E-state index in [0.29, 0.717) is 5.41 Å². The van der Waals surface area contributed by atoms with E-state index in [4.69, 9.17) is 0 Å². The molecule has 0 unspecified atom stereocenters. The summed E-state index contributed by atoms with van der Waals surface area (Å²) >= 11 is 0. The van der Waals surface area contributed by atoms with E-state index in [-0.39, 0.29) is 0 Å². The molecule has 1 aliphatic heterocycles. The molecular formula is C12H17FN2. The van der Waals surface area contributed by atoms with Crippen molar-refractivity contribution in [3.63, 3.8) is 0 Å². The summed E-state index contributed by atoms with van der Waals surface area (Å²) in [6.45, 7) is 6.54. The van der Waals surface area contributed by atoms with E-state index >= 15 is 0 Å². The molecule has 1 saturated heterocycles. The summed E-state index contributed by atoms with van der Waals surface area (Å²) < 4.78 is 13.0. The van der Waals surface area contributed by atoms with Crippen LogP contribution in [0.4, 0.5) is 10.1 Å². The summed E-state index contributed by atoms with van der Waals surface area (Å²) in [5.41, 5.74) is 1.29. The molecule has 2 nitrogen and oxygen atoms in total. The lowest BCUT2D eigenvalue weighted by Gasteiger charge is -2.39. The topological polar surface area (TPSA) is 16.1 Å². The zero-order chi connectivity index (χ0) is 10.9. The van der Waals surface area contributed by atoms with E-state index < -0.39 is 5.95 Å². The Labute approximate surface area is 90.1 Å². The minimum absolute atomic E-state index is 0.331. The van der Waals surface area contributed by atoms with Crippen molar-refractivity contribution in [2.24, 2.45) is 5.41 Å². The third-order valence-electron chi connectivity index (χ3n) is 2.98. The van der Waals surface area contributed by atoms with E-state index in [9.17, 15) is 4.39 Å². The Bertz CT molecular complexity index is 349. The van der Waals surface area contributed by atoms with Crippen LogP contribution >= 0.6 is 0 Å². The van der Waals surface area contributed by atoms with Crippen LogP contribution in [0, 0.1) is 11.4 Å². The van der Waals surface area contributed by atoms with Gasteiger partial charge in [-0.05, 0) is 24.3 Å². The molecule has 1 aromatic rings. The van der Waals surface area contributed by atoms with Gasteiger partial charge in [-0.3, -0.25) is 0 Å². The van der Waals surface area contributed by atoms with Gasteiger partial charge in [-0.25, -0.2) is 4.98 Å². The molecule has 0 bridgehead atoms. The van der Waals surface area contributed by atoms with Crippen LogP contribution < -0.4 is 4.90 Å². The minimum atomic E-state index is -0.393. The fourth-order valence-corrected chi connectivity index (χ4v) is 2.23. The maximum Gasteiger partial charge on any atom is 0.214 e. The van der Waals surface area contributed by atoms with Gasteiger partial charge < -0.3 is 4.90 Å². The van der Waals surface area contributed by atoms with Gasteiger partial charge in [0.2, 0.25) is 5.95 Å². The van der Waals surface area contributed by atoms with Gasteiger partial charge in [0.25, 0.3) is 0 Å². The average Bonchev–Trinajstić information content (AvgIpc) is 2.16. The highest BCUT2D eigenvalue weighted by molar-refractivity contribution is 5.45. The first-order valence-corrected chi connectivity index (χ1v) is 5.43. The fourth-order valence-electron chi connectivity index (χ4n) is 2.23. The number of pyridine rings is 1. The number of hydrogen-bond donors (Lipinski definition) is 0. The van der Waals surface area contributed by atoms with Crippen LogP contribution in [0.2, 0.25) is 0 Å². The van der Waals surface area contributed by atoms with Crippen LogP contribution in [0.5, 0.6) is 0 Å². The zero-order valence-electron chi connectivity index (χ0n) is 9.33.